The molecule has 2 N–H and O–H groups in total. The quantitative estimate of drug-likeness (QED) is 0.846. The number of hydrogen-bond donors (Lipinski definition) is 1. The van der Waals surface area contributed by atoms with Gasteiger partial charge in [0.2, 0.25) is 0 Å². The molecule has 2 aromatic carbocycles. The van der Waals surface area contributed by atoms with Gasteiger partial charge >= 0.3 is 0 Å². The minimum Gasteiger partial charge on any atom is -0.482 e. The predicted octanol–water partition coefficient (Wildman–Crippen LogP) is 3.10. The first-order valence-electron chi connectivity index (χ1n) is 6.32. The van der Waals surface area contributed by atoms with Crippen LogP contribution in [0.4, 0.5) is 15.8 Å². The molecule has 0 fully saturated rings. The summed E-state index contributed by atoms with van der Waals surface area (Å²) in [5.74, 6) is 0.0431. The van der Waals surface area contributed by atoms with Gasteiger partial charge in [0.1, 0.15) is 11.6 Å². The van der Waals surface area contributed by atoms with Crippen molar-refractivity contribution in [2.45, 2.75) is 6.54 Å². The van der Waals surface area contributed by atoms with E-state index in [0.29, 0.717) is 27.2 Å². The Kier molecular flexibility index (Phi) is 3.55. The van der Waals surface area contributed by atoms with E-state index in [1.165, 1.54) is 6.07 Å². The Hall–Kier alpha value is -2.08. The van der Waals surface area contributed by atoms with E-state index in [2.05, 4.69) is 15.9 Å². The number of anilines is 2. The molecule has 108 valence electrons. The van der Waals surface area contributed by atoms with Crippen LogP contribution in [0.3, 0.4) is 0 Å². The van der Waals surface area contributed by atoms with Crippen molar-refractivity contribution in [3.8, 4) is 5.75 Å². The number of nitrogen functional groups attached to an aromatic ring is 1. The first-order chi connectivity index (χ1) is 10.1. The van der Waals surface area contributed by atoms with E-state index >= 15 is 0 Å². The number of amides is 1. The predicted molar refractivity (Wildman–Crippen MR) is 81.6 cm³/mol. The maximum Gasteiger partial charge on any atom is 0.265 e. The van der Waals surface area contributed by atoms with Gasteiger partial charge in [-0.25, -0.2) is 4.39 Å². The third-order valence-corrected chi connectivity index (χ3v) is 4.17. The number of rotatable bonds is 2. The van der Waals surface area contributed by atoms with E-state index < -0.39 is 0 Å². The summed E-state index contributed by atoms with van der Waals surface area (Å²) in [6.07, 6.45) is 0. The molecule has 1 aliphatic heterocycles. The molecular formula is C15H12BrFN2O2. The van der Waals surface area contributed by atoms with Crippen molar-refractivity contribution in [2.75, 3.05) is 17.2 Å². The van der Waals surface area contributed by atoms with E-state index in [-0.39, 0.29) is 24.9 Å². The van der Waals surface area contributed by atoms with Gasteiger partial charge in [0.25, 0.3) is 5.91 Å². The van der Waals surface area contributed by atoms with Crippen LogP contribution in [0.15, 0.2) is 40.9 Å². The Bertz CT molecular complexity index is 721. The molecule has 21 heavy (non-hydrogen) atoms. The normalized spacial score (nSPS) is 13.8. The molecule has 2 aromatic rings. The van der Waals surface area contributed by atoms with Gasteiger partial charge in [0, 0.05) is 5.69 Å². The SMILES string of the molecule is Nc1ccc2c(c1)N(Cc1cccc(F)c1Br)C(=O)CO2. The zero-order valence-corrected chi connectivity index (χ0v) is 12.6. The highest BCUT2D eigenvalue weighted by Gasteiger charge is 2.26. The van der Waals surface area contributed by atoms with Gasteiger partial charge in [-0.15, -0.1) is 0 Å². The van der Waals surface area contributed by atoms with E-state index in [1.54, 1.807) is 35.2 Å². The Morgan fingerprint density at radius 3 is 2.95 bits per heavy atom. The highest BCUT2D eigenvalue weighted by molar-refractivity contribution is 9.10. The minimum atomic E-state index is -0.360. The molecule has 0 saturated heterocycles. The van der Waals surface area contributed by atoms with Crippen LogP contribution in [-0.4, -0.2) is 12.5 Å². The molecule has 0 spiro atoms. The van der Waals surface area contributed by atoms with Crippen molar-refractivity contribution >= 4 is 33.2 Å². The van der Waals surface area contributed by atoms with Crippen molar-refractivity contribution in [1.82, 2.24) is 0 Å². The summed E-state index contributed by atoms with van der Waals surface area (Å²) in [6.45, 7) is 0.209. The van der Waals surface area contributed by atoms with Crippen LogP contribution < -0.4 is 15.4 Å². The number of fused-ring (bicyclic) bond motifs is 1. The first kappa shape index (κ1) is 13.9. The Morgan fingerprint density at radius 1 is 1.33 bits per heavy atom. The average Bonchev–Trinajstić information content (AvgIpc) is 2.46. The lowest BCUT2D eigenvalue weighted by molar-refractivity contribution is -0.121. The van der Waals surface area contributed by atoms with Crippen molar-refractivity contribution < 1.29 is 13.9 Å². The number of ether oxygens (including phenoxy) is 1. The fourth-order valence-corrected chi connectivity index (χ4v) is 2.62. The molecule has 0 bridgehead atoms. The molecule has 1 heterocycles. The average molecular weight is 351 g/mol. The highest BCUT2D eigenvalue weighted by atomic mass is 79.9. The molecule has 3 rings (SSSR count). The maximum absolute atomic E-state index is 13.6. The van der Waals surface area contributed by atoms with E-state index in [9.17, 15) is 9.18 Å². The fourth-order valence-electron chi connectivity index (χ4n) is 2.23. The van der Waals surface area contributed by atoms with Crippen LogP contribution in [0.25, 0.3) is 0 Å². The number of halogens is 2. The second kappa shape index (κ2) is 5.37. The van der Waals surface area contributed by atoms with Gasteiger partial charge in [-0.2, -0.15) is 0 Å². The topological polar surface area (TPSA) is 55.6 Å². The highest BCUT2D eigenvalue weighted by Crippen LogP contribution is 2.35. The molecule has 0 aliphatic carbocycles. The number of carbonyl (C=O) groups excluding carboxylic acids is 1. The van der Waals surface area contributed by atoms with E-state index in [1.807, 2.05) is 0 Å². The lowest BCUT2D eigenvalue weighted by Gasteiger charge is -2.30. The second-order valence-electron chi connectivity index (χ2n) is 4.71. The number of hydrogen-bond acceptors (Lipinski definition) is 3. The van der Waals surface area contributed by atoms with Crippen molar-refractivity contribution in [1.29, 1.82) is 0 Å². The minimum absolute atomic E-state index is 0.0378. The van der Waals surface area contributed by atoms with Crippen LogP contribution in [0.2, 0.25) is 0 Å². The lowest BCUT2D eigenvalue weighted by Crippen LogP contribution is -2.38. The van der Waals surface area contributed by atoms with Crippen molar-refractivity contribution in [3.05, 3.63) is 52.3 Å². The first-order valence-corrected chi connectivity index (χ1v) is 7.11. The Morgan fingerprint density at radius 2 is 2.14 bits per heavy atom. The summed E-state index contributed by atoms with van der Waals surface area (Å²) in [5.41, 5.74) is 7.59. The molecule has 0 unspecified atom stereocenters. The third-order valence-electron chi connectivity index (χ3n) is 3.29. The molecule has 0 radical (unpaired) electrons. The van der Waals surface area contributed by atoms with Crippen LogP contribution in [0, 0.1) is 5.82 Å². The molecule has 1 aliphatic rings. The van der Waals surface area contributed by atoms with Gasteiger partial charge in [0.05, 0.1) is 16.7 Å². The molecule has 6 heteroatoms. The molecule has 0 aromatic heterocycles. The van der Waals surface area contributed by atoms with Gasteiger partial charge < -0.3 is 15.4 Å². The van der Waals surface area contributed by atoms with Gasteiger partial charge in [0.15, 0.2) is 6.61 Å². The second-order valence-corrected chi connectivity index (χ2v) is 5.50. The van der Waals surface area contributed by atoms with Crippen LogP contribution in [-0.2, 0) is 11.3 Å². The summed E-state index contributed by atoms with van der Waals surface area (Å²) in [6, 6.07) is 9.86. The largest absolute Gasteiger partial charge is 0.482 e. The van der Waals surface area contributed by atoms with Crippen LogP contribution in [0.1, 0.15) is 5.56 Å². The Labute approximate surface area is 129 Å². The molecule has 4 nitrogen and oxygen atoms in total. The standard InChI is InChI=1S/C15H12BrFN2O2/c16-15-9(2-1-3-11(15)17)7-19-12-6-10(18)4-5-13(12)21-8-14(19)20/h1-6H,7-8,18H2. The van der Waals surface area contributed by atoms with Crippen molar-refractivity contribution in [2.24, 2.45) is 0 Å². The van der Waals surface area contributed by atoms with Gasteiger partial charge in [-0.05, 0) is 45.8 Å². The molecule has 1 amide bonds. The van der Waals surface area contributed by atoms with E-state index in [4.69, 9.17) is 10.5 Å². The maximum atomic E-state index is 13.6. The summed E-state index contributed by atoms with van der Waals surface area (Å²) < 4.78 is 19.3. The fraction of sp³-hybridized carbons (Fsp3) is 0.133. The molecular weight excluding hydrogens is 339 g/mol. The third kappa shape index (κ3) is 2.58. The number of benzene rings is 2. The van der Waals surface area contributed by atoms with Gasteiger partial charge in [-0.3, -0.25) is 4.79 Å². The molecule has 0 saturated carbocycles. The summed E-state index contributed by atoms with van der Waals surface area (Å²) in [4.78, 5) is 13.7. The number of carbonyl (C=O) groups is 1. The zero-order valence-electron chi connectivity index (χ0n) is 11.0. The molecule has 0 atom stereocenters. The Balaban J connectivity index is 2.00. The lowest BCUT2D eigenvalue weighted by atomic mass is 10.1. The van der Waals surface area contributed by atoms with E-state index in [0.717, 1.165) is 0 Å². The summed E-state index contributed by atoms with van der Waals surface area (Å²) >= 11 is 3.21. The monoisotopic (exact) mass is 350 g/mol. The summed E-state index contributed by atoms with van der Waals surface area (Å²) in [5, 5.41) is 0. The van der Waals surface area contributed by atoms with Gasteiger partial charge in [-0.1, -0.05) is 12.1 Å². The van der Waals surface area contributed by atoms with Crippen LogP contribution >= 0.6 is 15.9 Å². The number of nitrogens with zero attached hydrogens (tertiary/aromatic N) is 1. The summed E-state index contributed by atoms with van der Waals surface area (Å²) in [7, 11) is 0. The van der Waals surface area contributed by atoms with Crippen molar-refractivity contribution in [3.63, 3.8) is 0 Å². The van der Waals surface area contributed by atoms with Crippen LogP contribution in [0.5, 0.6) is 5.75 Å². The smallest absolute Gasteiger partial charge is 0.265 e. The number of nitrogens with two attached hydrogens (primary N) is 1. The zero-order chi connectivity index (χ0) is 15.0.